The summed E-state index contributed by atoms with van der Waals surface area (Å²) in [5.74, 6) is 2.73. The molecule has 0 aromatic rings. The summed E-state index contributed by atoms with van der Waals surface area (Å²) in [5, 5.41) is 0. The molecule has 0 rings (SSSR count). The number of hydrogen-bond acceptors (Lipinski definition) is 0. The molecule has 0 saturated heterocycles. The Bertz CT molecular complexity index is 188. The van der Waals surface area contributed by atoms with E-state index in [2.05, 4.69) is 41.5 Å². The summed E-state index contributed by atoms with van der Waals surface area (Å²) < 4.78 is 5.13. The molecule has 0 heterocycles. The zero-order valence-electron chi connectivity index (χ0n) is 17.7. The van der Waals surface area contributed by atoms with Crippen LogP contribution in [0.5, 0.6) is 0 Å². The summed E-state index contributed by atoms with van der Waals surface area (Å²) in [6.45, 7) is 14.2. The van der Waals surface area contributed by atoms with E-state index in [0.717, 1.165) is 17.8 Å². The van der Waals surface area contributed by atoms with Crippen LogP contribution in [0.25, 0.3) is 0 Å². The SMILES string of the molecule is CC(C)CCC[CH2][Hf+]([CH2]CCCC(C)C)[CH2]CCCC(C)C.[H-]. The minimum Gasteiger partial charge on any atom is -1.00 e. The molecule has 0 nitrogen and oxygen atoms in total. The first-order valence-corrected chi connectivity index (χ1v) is 17.9. The normalized spacial score (nSPS) is 11.9. The zero-order valence-corrected chi connectivity index (χ0v) is 20.3. The molecule has 0 bridgehead atoms. The molecule has 0 aromatic carbocycles. The van der Waals surface area contributed by atoms with Gasteiger partial charge in [-0.2, -0.15) is 0 Å². The summed E-state index contributed by atoms with van der Waals surface area (Å²) in [6, 6.07) is 0. The van der Waals surface area contributed by atoms with Crippen molar-refractivity contribution in [3.8, 4) is 0 Å². The zero-order chi connectivity index (χ0) is 16.8. The number of unbranched alkanes of at least 4 members (excludes halogenated alkanes) is 3. The Morgan fingerprint density at radius 3 is 1.00 bits per heavy atom. The standard InChI is InChI=1S/3C7H15.Hf.H/c3*1-4-5-6-7(2)3;;/h3*7H,1,4-6H2,2-3H3;;/q;;;+1;-1. The fourth-order valence-electron chi connectivity index (χ4n) is 3.16. The molecule has 0 aliphatic carbocycles. The third-order valence-corrected chi connectivity index (χ3v) is 16.1. The van der Waals surface area contributed by atoms with Crippen LogP contribution in [0.2, 0.25) is 12.5 Å². The molecule has 0 saturated carbocycles. The van der Waals surface area contributed by atoms with E-state index in [1.165, 1.54) is 38.5 Å². The van der Waals surface area contributed by atoms with Crippen LogP contribution in [0.15, 0.2) is 0 Å². The average molecular weight is 477 g/mol. The van der Waals surface area contributed by atoms with Gasteiger partial charge in [-0.15, -0.1) is 0 Å². The van der Waals surface area contributed by atoms with Crippen LogP contribution >= 0.6 is 0 Å². The number of rotatable bonds is 15. The van der Waals surface area contributed by atoms with Crippen molar-refractivity contribution < 1.29 is 22.9 Å². The molecule has 0 fully saturated rings. The van der Waals surface area contributed by atoms with Crippen LogP contribution < -0.4 is 0 Å². The first-order chi connectivity index (χ1) is 10.4. The summed E-state index contributed by atoms with van der Waals surface area (Å²) >= 11 is -1.19. The van der Waals surface area contributed by atoms with Gasteiger partial charge in [-0.1, -0.05) is 0 Å². The maximum atomic E-state index is 2.37. The molecule has 22 heavy (non-hydrogen) atoms. The van der Waals surface area contributed by atoms with Crippen molar-refractivity contribution in [1.29, 1.82) is 0 Å². The van der Waals surface area contributed by atoms with E-state index < -0.39 is 21.4 Å². The van der Waals surface area contributed by atoms with E-state index in [0.29, 0.717) is 0 Å². The van der Waals surface area contributed by atoms with Crippen LogP contribution in [0.4, 0.5) is 0 Å². The van der Waals surface area contributed by atoms with E-state index >= 15 is 0 Å². The molecule has 0 radical (unpaired) electrons. The van der Waals surface area contributed by atoms with Crippen LogP contribution in [0, 0.1) is 17.8 Å². The smallest absolute Gasteiger partial charge is 1.00 e. The van der Waals surface area contributed by atoms with E-state index in [1.807, 2.05) is 0 Å². The molecule has 0 aliphatic rings. The van der Waals surface area contributed by atoms with Crippen LogP contribution in [0.3, 0.4) is 0 Å². The third kappa shape index (κ3) is 17.2. The topological polar surface area (TPSA) is 0 Å². The van der Waals surface area contributed by atoms with Crippen molar-refractivity contribution >= 4 is 0 Å². The minimum atomic E-state index is -1.19. The molecule has 0 aromatic heterocycles. The van der Waals surface area contributed by atoms with Crippen molar-refractivity contribution in [3.05, 3.63) is 0 Å². The van der Waals surface area contributed by atoms with Crippen LogP contribution in [0.1, 0.15) is 101 Å². The van der Waals surface area contributed by atoms with E-state index in [4.69, 9.17) is 0 Å². The van der Waals surface area contributed by atoms with E-state index in [9.17, 15) is 0 Å². The summed E-state index contributed by atoms with van der Waals surface area (Å²) in [4.78, 5) is 0. The molecule has 0 amide bonds. The first kappa shape index (κ1) is 22.9. The van der Waals surface area contributed by atoms with Gasteiger partial charge in [0.15, 0.2) is 0 Å². The second kappa shape index (κ2) is 15.4. The van der Waals surface area contributed by atoms with Gasteiger partial charge in [0.1, 0.15) is 0 Å². The number of hydrogen-bond donors (Lipinski definition) is 0. The predicted octanol–water partition coefficient (Wildman–Crippen LogP) is 8.45. The quantitative estimate of drug-likeness (QED) is 0.164. The first-order valence-electron chi connectivity index (χ1n) is 10.2. The van der Waals surface area contributed by atoms with Gasteiger partial charge in [-0.05, 0) is 0 Å². The van der Waals surface area contributed by atoms with Gasteiger partial charge in [-0.25, -0.2) is 0 Å². The molecular weight excluding hydrogens is 431 g/mol. The third-order valence-electron chi connectivity index (χ3n) is 4.69. The minimum absolute atomic E-state index is 0. The molecule has 134 valence electrons. The molecule has 0 N–H and O–H groups in total. The van der Waals surface area contributed by atoms with Gasteiger partial charge in [-0.3, -0.25) is 0 Å². The maximum Gasteiger partial charge on any atom is -1.00 e. The second-order valence-corrected chi connectivity index (χ2v) is 19.4. The van der Waals surface area contributed by atoms with Gasteiger partial charge in [0.05, 0.1) is 0 Å². The van der Waals surface area contributed by atoms with Crippen LogP contribution in [-0.2, 0) is 21.4 Å². The predicted molar refractivity (Wildman–Crippen MR) is 102 cm³/mol. The Labute approximate surface area is 152 Å². The Balaban J connectivity index is 0. The average Bonchev–Trinajstić information content (AvgIpc) is 2.42. The Morgan fingerprint density at radius 2 is 0.773 bits per heavy atom. The second-order valence-electron chi connectivity index (χ2n) is 8.67. The van der Waals surface area contributed by atoms with Crippen molar-refractivity contribution in [3.63, 3.8) is 0 Å². The van der Waals surface area contributed by atoms with Crippen molar-refractivity contribution in [2.24, 2.45) is 17.8 Å². The molecule has 0 unspecified atom stereocenters. The maximum absolute atomic E-state index is 2.37. The summed E-state index contributed by atoms with van der Waals surface area (Å²) in [5.41, 5.74) is 0. The molecule has 0 atom stereocenters. The summed E-state index contributed by atoms with van der Waals surface area (Å²) in [6.07, 6.45) is 13.6. The molecular formula is C21H46Hf. The molecule has 0 spiro atoms. The Kier molecular flexibility index (Phi) is 16.0. The largest absolute Gasteiger partial charge is 1.00 e. The van der Waals surface area contributed by atoms with Gasteiger partial charge in [0.25, 0.3) is 0 Å². The van der Waals surface area contributed by atoms with E-state index in [-0.39, 0.29) is 1.43 Å². The summed E-state index contributed by atoms with van der Waals surface area (Å²) in [7, 11) is 0. The Morgan fingerprint density at radius 1 is 0.500 bits per heavy atom. The van der Waals surface area contributed by atoms with Gasteiger partial charge in [0, 0.05) is 0 Å². The van der Waals surface area contributed by atoms with Gasteiger partial charge < -0.3 is 1.43 Å². The molecule has 1 heteroatoms. The van der Waals surface area contributed by atoms with Crippen molar-refractivity contribution in [2.75, 3.05) is 0 Å². The van der Waals surface area contributed by atoms with Gasteiger partial charge in [0.2, 0.25) is 0 Å². The Hall–Kier alpha value is 0.870. The van der Waals surface area contributed by atoms with Crippen molar-refractivity contribution in [2.45, 2.75) is 112 Å². The molecule has 0 aliphatic heterocycles. The monoisotopic (exact) mass is 478 g/mol. The van der Waals surface area contributed by atoms with Crippen LogP contribution in [-0.4, -0.2) is 0 Å². The fraction of sp³-hybridized carbons (Fsp3) is 1.00. The van der Waals surface area contributed by atoms with E-state index in [1.54, 1.807) is 31.8 Å². The fourth-order valence-corrected chi connectivity index (χ4v) is 13.9. The van der Waals surface area contributed by atoms with Crippen molar-refractivity contribution in [1.82, 2.24) is 0 Å². The van der Waals surface area contributed by atoms with Gasteiger partial charge >= 0.3 is 151 Å².